The summed E-state index contributed by atoms with van der Waals surface area (Å²) in [5, 5.41) is 6.00. The molecule has 31 heavy (non-hydrogen) atoms. The molecule has 3 rings (SSSR count). The maximum atomic E-state index is 13.2. The first kappa shape index (κ1) is 22.2. The topological polar surface area (TPSA) is 62.6 Å². The van der Waals surface area contributed by atoms with Crippen molar-refractivity contribution in [2.45, 2.75) is 26.3 Å². The maximum absolute atomic E-state index is 13.2. The zero-order valence-corrected chi connectivity index (χ0v) is 18.3. The molecule has 1 unspecified atom stereocenters. The summed E-state index contributed by atoms with van der Waals surface area (Å²) >= 11 is 0. The third-order valence-electron chi connectivity index (χ3n) is 5.32. The van der Waals surface area contributed by atoms with Crippen molar-refractivity contribution in [2.75, 3.05) is 24.2 Å². The number of quaternary nitrogens is 1. The fraction of sp³-hybridized carbons (Fsp3) is 0.231. The zero-order valence-electron chi connectivity index (χ0n) is 18.3. The number of hydrogen-bond donors (Lipinski definition) is 3. The first-order valence-corrected chi connectivity index (χ1v) is 10.6. The van der Waals surface area contributed by atoms with Crippen molar-refractivity contribution in [3.05, 3.63) is 95.6 Å². The van der Waals surface area contributed by atoms with Crippen molar-refractivity contribution < 1.29 is 14.5 Å². The lowest BCUT2D eigenvalue weighted by Crippen LogP contribution is -3.11. The zero-order chi connectivity index (χ0) is 22.2. The van der Waals surface area contributed by atoms with Crippen LogP contribution in [0.1, 0.15) is 29.7 Å². The van der Waals surface area contributed by atoms with Gasteiger partial charge in [0, 0.05) is 16.9 Å². The highest BCUT2D eigenvalue weighted by atomic mass is 16.2. The molecule has 5 nitrogen and oxygen atoms in total. The summed E-state index contributed by atoms with van der Waals surface area (Å²) in [6.07, 6.45) is 0.838. The smallest absolute Gasteiger partial charge is 0.287 e. The summed E-state index contributed by atoms with van der Waals surface area (Å²) in [6.45, 7) is 4.23. The Morgan fingerprint density at radius 1 is 0.871 bits per heavy atom. The standard InChI is InChI=1S/C26H29N3O2/c1-4-20-10-8-9-13-23(20)28-24(30)18-29(3)25(21-11-6-5-7-12-21)26(31)27-22-16-14-19(2)15-17-22/h5-17,25H,4,18H2,1-3H3,(H,27,31)(H,28,30)/p+1/t25-/m0/s1. The molecule has 0 bridgehead atoms. The summed E-state index contributed by atoms with van der Waals surface area (Å²) in [6, 6.07) is 24.6. The average Bonchev–Trinajstić information content (AvgIpc) is 2.76. The second-order valence-corrected chi connectivity index (χ2v) is 7.78. The van der Waals surface area contributed by atoms with Crippen LogP contribution in [0.15, 0.2) is 78.9 Å². The molecule has 0 saturated carbocycles. The number of rotatable bonds is 8. The summed E-state index contributed by atoms with van der Waals surface area (Å²) in [5.41, 5.74) is 4.65. The lowest BCUT2D eigenvalue weighted by molar-refractivity contribution is -0.893. The van der Waals surface area contributed by atoms with E-state index in [2.05, 4.69) is 17.6 Å². The fourth-order valence-electron chi connectivity index (χ4n) is 3.66. The average molecular weight is 417 g/mol. The van der Waals surface area contributed by atoms with Crippen molar-refractivity contribution in [1.29, 1.82) is 0 Å². The predicted octanol–water partition coefficient (Wildman–Crippen LogP) is 3.39. The van der Waals surface area contributed by atoms with Crippen molar-refractivity contribution in [1.82, 2.24) is 0 Å². The van der Waals surface area contributed by atoms with Gasteiger partial charge in [-0.2, -0.15) is 0 Å². The molecule has 0 aliphatic carbocycles. The molecule has 2 atom stereocenters. The Hall–Kier alpha value is -3.44. The normalized spacial score (nSPS) is 12.6. The second-order valence-electron chi connectivity index (χ2n) is 7.78. The molecule has 0 saturated heterocycles. The van der Waals surface area contributed by atoms with Crippen LogP contribution in [0, 0.1) is 6.92 Å². The van der Waals surface area contributed by atoms with Crippen LogP contribution in [-0.2, 0) is 16.0 Å². The molecule has 0 aliphatic rings. The monoisotopic (exact) mass is 416 g/mol. The van der Waals surface area contributed by atoms with Crippen LogP contribution in [0.25, 0.3) is 0 Å². The van der Waals surface area contributed by atoms with Crippen LogP contribution in [-0.4, -0.2) is 25.4 Å². The van der Waals surface area contributed by atoms with E-state index in [0.717, 1.165) is 39.4 Å². The molecule has 3 N–H and O–H groups in total. The van der Waals surface area contributed by atoms with Gasteiger partial charge >= 0.3 is 0 Å². The Morgan fingerprint density at radius 2 is 1.52 bits per heavy atom. The maximum Gasteiger partial charge on any atom is 0.287 e. The Bertz CT molecular complexity index is 1020. The van der Waals surface area contributed by atoms with E-state index in [1.54, 1.807) is 0 Å². The summed E-state index contributed by atoms with van der Waals surface area (Å²) in [5.74, 6) is -0.267. The van der Waals surface area contributed by atoms with E-state index in [-0.39, 0.29) is 18.4 Å². The van der Waals surface area contributed by atoms with E-state index in [1.165, 1.54) is 0 Å². The molecule has 160 valence electrons. The summed E-state index contributed by atoms with van der Waals surface area (Å²) in [4.78, 5) is 26.8. The highest BCUT2D eigenvalue weighted by molar-refractivity contribution is 5.95. The van der Waals surface area contributed by atoms with Gasteiger partial charge in [0.2, 0.25) is 0 Å². The number of nitrogens with one attached hydrogen (secondary N) is 3. The van der Waals surface area contributed by atoms with Gasteiger partial charge in [0.05, 0.1) is 7.05 Å². The third kappa shape index (κ3) is 6.03. The van der Waals surface area contributed by atoms with Gasteiger partial charge in [0.1, 0.15) is 0 Å². The largest absolute Gasteiger partial charge is 0.321 e. The van der Waals surface area contributed by atoms with E-state index in [0.29, 0.717) is 0 Å². The molecule has 0 spiro atoms. The molecule has 3 aromatic rings. The lowest BCUT2D eigenvalue weighted by atomic mass is 10.0. The molecule has 0 heterocycles. The van der Waals surface area contributed by atoms with Crippen LogP contribution in [0.2, 0.25) is 0 Å². The Kier molecular flexibility index (Phi) is 7.57. The molecule has 0 fully saturated rings. The van der Waals surface area contributed by atoms with Gasteiger partial charge in [-0.25, -0.2) is 0 Å². The summed E-state index contributed by atoms with van der Waals surface area (Å²) < 4.78 is 0. The van der Waals surface area contributed by atoms with Gasteiger partial charge in [0.15, 0.2) is 12.6 Å². The van der Waals surface area contributed by atoms with E-state index < -0.39 is 6.04 Å². The number of carbonyl (C=O) groups excluding carboxylic acids is 2. The number of anilines is 2. The molecular formula is C26H30N3O2+. The number of aryl methyl sites for hydroxylation is 2. The highest BCUT2D eigenvalue weighted by Gasteiger charge is 2.30. The quantitative estimate of drug-likeness (QED) is 0.527. The van der Waals surface area contributed by atoms with Gasteiger partial charge in [-0.15, -0.1) is 0 Å². The fourth-order valence-corrected chi connectivity index (χ4v) is 3.66. The van der Waals surface area contributed by atoms with Crippen molar-refractivity contribution in [3.63, 3.8) is 0 Å². The lowest BCUT2D eigenvalue weighted by Gasteiger charge is -2.24. The minimum absolute atomic E-state index is 0.123. The van der Waals surface area contributed by atoms with E-state index in [9.17, 15) is 9.59 Å². The molecule has 0 radical (unpaired) electrons. The number of carbonyl (C=O) groups is 2. The number of amides is 2. The van der Waals surface area contributed by atoms with Crippen LogP contribution in [0.5, 0.6) is 0 Å². The third-order valence-corrected chi connectivity index (χ3v) is 5.32. The van der Waals surface area contributed by atoms with E-state index in [4.69, 9.17) is 0 Å². The number of likely N-dealkylation sites (N-methyl/N-ethyl adjacent to an activating group) is 1. The van der Waals surface area contributed by atoms with Crippen molar-refractivity contribution >= 4 is 23.2 Å². The Morgan fingerprint density at radius 3 is 2.19 bits per heavy atom. The van der Waals surface area contributed by atoms with Crippen LogP contribution >= 0.6 is 0 Å². The molecule has 5 heteroatoms. The van der Waals surface area contributed by atoms with Gasteiger partial charge in [0.25, 0.3) is 11.8 Å². The van der Waals surface area contributed by atoms with Crippen LogP contribution in [0.4, 0.5) is 11.4 Å². The Labute approximate surface area is 184 Å². The van der Waals surface area contributed by atoms with Gasteiger partial charge in [-0.05, 0) is 37.1 Å². The van der Waals surface area contributed by atoms with Gasteiger partial charge < -0.3 is 15.5 Å². The van der Waals surface area contributed by atoms with Crippen LogP contribution < -0.4 is 15.5 Å². The van der Waals surface area contributed by atoms with E-state index in [1.807, 2.05) is 92.8 Å². The molecule has 3 aromatic carbocycles. The number of para-hydroxylation sites is 1. The first-order valence-electron chi connectivity index (χ1n) is 10.6. The SMILES string of the molecule is CCc1ccccc1NC(=O)C[NH+](C)[C@H](C(=O)Nc1ccc(C)cc1)c1ccccc1. The second kappa shape index (κ2) is 10.5. The van der Waals surface area contributed by atoms with Gasteiger partial charge in [-0.3, -0.25) is 9.59 Å². The number of benzene rings is 3. The highest BCUT2D eigenvalue weighted by Crippen LogP contribution is 2.16. The molecular weight excluding hydrogens is 386 g/mol. The van der Waals surface area contributed by atoms with Crippen molar-refractivity contribution in [2.24, 2.45) is 0 Å². The van der Waals surface area contributed by atoms with Crippen molar-refractivity contribution in [3.8, 4) is 0 Å². The van der Waals surface area contributed by atoms with Gasteiger partial charge in [-0.1, -0.05) is 73.2 Å². The van der Waals surface area contributed by atoms with E-state index >= 15 is 0 Å². The minimum Gasteiger partial charge on any atom is -0.321 e. The van der Waals surface area contributed by atoms with Crippen LogP contribution in [0.3, 0.4) is 0 Å². The predicted molar refractivity (Wildman–Crippen MR) is 125 cm³/mol. The first-order chi connectivity index (χ1) is 15.0. The molecule has 0 aliphatic heterocycles. The summed E-state index contributed by atoms with van der Waals surface area (Å²) in [7, 11) is 1.87. The minimum atomic E-state index is -0.519. The molecule has 0 aromatic heterocycles. The number of hydrogen-bond acceptors (Lipinski definition) is 2. The molecule has 2 amide bonds. The Balaban J connectivity index is 1.76.